The van der Waals surface area contributed by atoms with E-state index in [1.54, 1.807) is 43.5 Å². The minimum atomic E-state index is -0.408. The molecule has 0 unspecified atom stereocenters. The number of ether oxygens (including phenoxy) is 1. The number of nitrogens with zero attached hydrogens (tertiary/aromatic N) is 5. The maximum atomic E-state index is 12.7. The van der Waals surface area contributed by atoms with Crippen LogP contribution in [-0.2, 0) is 0 Å². The Balaban J connectivity index is 1.34. The lowest BCUT2D eigenvalue weighted by Crippen LogP contribution is -2.34. The second kappa shape index (κ2) is 11.3. The number of phenolic OH excluding ortho intramolecular Hbond substituents is 1. The van der Waals surface area contributed by atoms with E-state index in [1.165, 1.54) is 18.9 Å². The van der Waals surface area contributed by atoms with Crippen molar-refractivity contribution < 1.29 is 14.6 Å². The molecule has 194 valence electrons. The third kappa shape index (κ3) is 6.02. The molecule has 10 heteroatoms. The molecule has 5 rings (SSSR count). The summed E-state index contributed by atoms with van der Waals surface area (Å²) in [6.07, 6.45) is 6.96. The predicted molar refractivity (Wildman–Crippen MR) is 144 cm³/mol. The fourth-order valence-electron chi connectivity index (χ4n) is 4.68. The van der Waals surface area contributed by atoms with Gasteiger partial charge in [0.1, 0.15) is 11.5 Å². The number of amides is 1. The van der Waals surface area contributed by atoms with Crippen LogP contribution in [0.1, 0.15) is 48.9 Å². The number of aromatic hydroxyl groups is 1. The summed E-state index contributed by atoms with van der Waals surface area (Å²) in [6.45, 7) is 3.73. The van der Waals surface area contributed by atoms with Gasteiger partial charge in [-0.2, -0.15) is 15.0 Å². The monoisotopic (exact) mass is 503 g/mol. The van der Waals surface area contributed by atoms with Crippen molar-refractivity contribution in [2.75, 3.05) is 53.7 Å². The Bertz CT molecular complexity index is 1190. The minimum Gasteiger partial charge on any atom is -0.507 e. The van der Waals surface area contributed by atoms with Crippen LogP contribution in [0, 0.1) is 0 Å². The van der Waals surface area contributed by atoms with Crippen molar-refractivity contribution in [2.24, 2.45) is 0 Å². The van der Waals surface area contributed by atoms with Crippen LogP contribution in [0.25, 0.3) is 0 Å². The smallest absolute Gasteiger partial charge is 0.259 e. The van der Waals surface area contributed by atoms with Gasteiger partial charge in [0.05, 0.1) is 12.7 Å². The topological polar surface area (TPSA) is 116 Å². The number of methoxy groups -OCH3 is 1. The lowest BCUT2D eigenvalue weighted by molar-refractivity contribution is 0.102. The summed E-state index contributed by atoms with van der Waals surface area (Å²) >= 11 is 0. The van der Waals surface area contributed by atoms with Crippen molar-refractivity contribution in [1.82, 2.24) is 15.0 Å². The summed E-state index contributed by atoms with van der Waals surface area (Å²) in [5.41, 5.74) is 1.35. The second-order valence-electron chi connectivity index (χ2n) is 9.39. The molecule has 0 spiro atoms. The van der Waals surface area contributed by atoms with Crippen molar-refractivity contribution >= 4 is 35.1 Å². The molecule has 0 atom stereocenters. The number of hydrogen-bond acceptors (Lipinski definition) is 9. The molecule has 2 saturated heterocycles. The molecule has 37 heavy (non-hydrogen) atoms. The molecule has 0 bridgehead atoms. The fourth-order valence-corrected chi connectivity index (χ4v) is 4.68. The highest BCUT2D eigenvalue weighted by Gasteiger charge is 2.21. The summed E-state index contributed by atoms with van der Waals surface area (Å²) in [6, 6.07) is 11.8. The number of carbonyl (C=O) groups is 1. The number of aromatic nitrogens is 3. The Kier molecular flexibility index (Phi) is 7.53. The molecule has 3 aromatic rings. The standard InChI is InChI=1S/C27H33N7O3/c1-37-21-11-8-19(9-12-21)28-24(36)22-13-10-20(18-23(22)35)29-25-30-26(33-14-4-2-5-15-33)32-27(31-25)34-16-6-3-7-17-34/h8-13,18,35H,2-7,14-17H2,1H3,(H,28,36)(H,29,30,31,32). The van der Waals surface area contributed by atoms with E-state index >= 15 is 0 Å². The van der Waals surface area contributed by atoms with Crippen LogP contribution in [-0.4, -0.2) is 59.3 Å². The van der Waals surface area contributed by atoms with Crippen LogP contribution in [0.3, 0.4) is 0 Å². The highest BCUT2D eigenvalue weighted by molar-refractivity contribution is 6.06. The Hall–Kier alpha value is -4.08. The van der Waals surface area contributed by atoms with Crippen molar-refractivity contribution in [3.05, 3.63) is 48.0 Å². The third-order valence-electron chi connectivity index (χ3n) is 6.74. The maximum Gasteiger partial charge on any atom is 0.259 e. The van der Waals surface area contributed by atoms with Crippen molar-refractivity contribution in [2.45, 2.75) is 38.5 Å². The molecule has 3 N–H and O–H groups in total. The van der Waals surface area contributed by atoms with Gasteiger partial charge in [0.15, 0.2) is 0 Å². The highest BCUT2D eigenvalue weighted by Crippen LogP contribution is 2.27. The molecular formula is C27H33N7O3. The van der Waals surface area contributed by atoms with Crippen LogP contribution in [0.5, 0.6) is 11.5 Å². The van der Waals surface area contributed by atoms with Gasteiger partial charge in [0.2, 0.25) is 17.8 Å². The van der Waals surface area contributed by atoms with E-state index in [1.807, 2.05) is 0 Å². The Morgan fingerprint density at radius 2 is 1.38 bits per heavy atom. The van der Waals surface area contributed by atoms with Crippen LogP contribution in [0.2, 0.25) is 0 Å². The molecule has 0 radical (unpaired) electrons. The largest absolute Gasteiger partial charge is 0.507 e. The van der Waals surface area contributed by atoms with Crippen LogP contribution < -0.4 is 25.2 Å². The van der Waals surface area contributed by atoms with Crippen LogP contribution in [0.15, 0.2) is 42.5 Å². The zero-order valence-corrected chi connectivity index (χ0v) is 21.1. The number of anilines is 5. The molecule has 3 heterocycles. The third-order valence-corrected chi connectivity index (χ3v) is 6.74. The van der Waals surface area contributed by atoms with Crippen LogP contribution >= 0.6 is 0 Å². The van der Waals surface area contributed by atoms with E-state index in [9.17, 15) is 9.90 Å². The summed E-state index contributed by atoms with van der Waals surface area (Å²) < 4.78 is 5.14. The summed E-state index contributed by atoms with van der Waals surface area (Å²) in [5, 5.41) is 16.6. The summed E-state index contributed by atoms with van der Waals surface area (Å²) in [5.74, 6) is 1.93. The van der Waals surface area contributed by atoms with Gasteiger partial charge in [-0.05, 0) is 74.9 Å². The summed E-state index contributed by atoms with van der Waals surface area (Å²) in [7, 11) is 1.58. The number of nitrogens with one attached hydrogen (secondary N) is 2. The Morgan fingerprint density at radius 1 is 0.811 bits per heavy atom. The lowest BCUT2D eigenvalue weighted by atomic mass is 10.1. The van der Waals surface area contributed by atoms with E-state index in [0.29, 0.717) is 35.0 Å². The normalized spacial score (nSPS) is 15.8. The molecule has 2 aliphatic heterocycles. The predicted octanol–water partition coefficient (Wildman–Crippen LogP) is 4.56. The van der Waals surface area contributed by atoms with Crippen molar-refractivity contribution in [3.8, 4) is 11.5 Å². The van der Waals surface area contributed by atoms with Crippen LogP contribution in [0.4, 0.5) is 29.2 Å². The molecule has 0 aliphatic carbocycles. The number of hydrogen-bond donors (Lipinski definition) is 3. The molecule has 1 aromatic heterocycles. The zero-order chi connectivity index (χ0) is 25.6. The van der Waals surface area contributed by atoms with Gasteiger partial charge in [0.25, 0.3) is 5.91 Å². The molecule has 2 aliphatic rings. The maximum absolute atomic E-state index is 12.7. The van der Waals surface area contributed by atoms with Crippen molar-refractivity contribution in [3.63, 3.8) is 0 Å². The van der Waals surface area contributed by atoms with Gasteiger partial charge < -0.3 is 30.3 Å². The second-order valence-corrected chi connectivity index (χ2v) is 9.39. The lowest BCUT2D eigenvalue weighted by Gasteiger charge is -2.30. The van der Waals surface area contributed by atoms with Gasteiger partial charge in [-0.3, -0.25) is 4.79 Å². The first-order valence-corrected chi connectivity index (χ1v) is 12.9. The molecule has 2 aromatic carbocycles. The molecule has 2 fully saturated rings. The van der Waals surface area contributed by atoms with Gasteiger partial charge in [0, 0.05) is 43.6 Å². The molecule has 10 nitrogen and oxygen atoms in total. The van der Waals surface area contributed by atoms with Gasteiger partial charge in [-0.1, -0.05) is 0 Å². The average molecular weight is 504 g/mol. The Labute approximate surface area is 216 Å². The van der Waals surface area contributed by atoms with E-state index in [2.05, 4.69) is 20.4 Å². The zero-order valence-electron chi connectivity index (χ0n) is 21.1. The average Bonchev–Trinajstić information content (AvgIpc) is 2.94. The SMILES string of the molecule is COc1ccc(NC(=O)c2ccc(Nc3nc(N4CCCCC4)nc(N4CCCCC4)n3)cc2O)cc1. The first-order valence-electron chi connectivity index (χ1n) is 12.9. The van der Waals surface area contributed by atoms with Gasteiger partial charge >= 0.3 is 0 Å². The van der Waals surface area contributed by atoms with E-state index in [-0.39, 0.29) is 11.3 Å². The van der Waals surface area contributed by atoms with Gasteiger partial charge in [-0.15, -0.1) is 0 Å². The number of rotatable bonds is 7. The molecule has 0 saturated carbocycles. The number of carbonyl (C=O) groups excluding carboxylic acids is 1. The first-order chi connectivity index (χ1) is 18.1. The number of phenols is 1. The minimum absolute atomic E-state index is 0.141. The molecule has 1 amide bonds. The van der Waals surface area contributed by atoms with Crippen molar-refractivity contribution in [1.29, 1.82) is 0 Å². The van der Waals surface area contributed by atoms with E-state index in [0.717, 1.165) is 51.9 Å². The van der Waals surface area contributed by atoms with Gasteiger partial charge in [-0.25, -0.2) is 0 Å². The highest BCUT2D eigenvalue weighted by atomic mass is 16.5. The Morgan fingerprint density at radius 3 is 1.92 bits per heavy atom. The number of benzene rings is 2. The number of piperidine rings is 2. The van der Waals surface area contributed by atoms with E-state index < -0.39 is 5.91 Å². The molecular weight excluding hydrogens is 470 g/mol. The summed E-state index contributed by atoms with van der Waals surface area (Å²) in [4.78, 5) is 31.4. The van der Waals surface area contributed by atoms with E-state index in [4.69, 9.17) is 19.7 Å². The fraction of sp³-hybridized carbons (Fsp3) is 0.407. The first kappa shape index (κ1) is 24.6. The quantitative estimate of drug-likeness (QED) is 0.427.